The lowest BCUT2D eigenvalue weighted by molar-refractivity contribution is 0.0870. The maximum Gasteiger partial charge on any atom is 0.414 e. The first-order chi connectivity index (χ1) is 16.1. The number of carbonyl (C=O) groups excluding carboxylic acids is 1. The number of benzene rings is 2. The zero-order valence-electron chi connectivity index (χ0n) is 19.5. The number of piperidine rings is 1. The highest BCUT2D eigenvalue weighted by Crippen LogP contribution is 2.30. The predicted octanol–water partition coefficient (Wildman–Crippen LogP) is 5.38. The van der Waals surface area contributed by atoms with Crippen molar-refractivity contribution in [3.05, 3.63) is 52.5 Å². The molecule has 178 valence electrons. The van der Waals surface area contributed by atoms with Gasteiger partial charge in [0.1, 0.15) is 11.5 Å². The fraction of sp³-hybridized carbons (Fsp3) is 0.500. The van der Waals surface area contributed by atoms with Crippen molar-refractivity contribution in [1.82, 2.24) is 4.90 Å². The number of ether oxygens (including phenoxy) is 3. The molecule has 1 amide bonds. The van der Waals surface area contributed by atoms with E-state index in [2.05, 4.69) is 33.0 Å². The van der Waals surface area contributed by atoms with E-state index in [4.69, 9.17) is 14.2 Å². The van der Waals surface area contributed by atoms with Crippen LogP contribution in [0.25, 0.3) is 0 Å². The molecular formula is C26H33BrN2O4. The van der Waals surface area contributed by atoms with Crippen molar-refractivity contribution in [3.8, 4) is 11.5 Å². The number of nitrogens with zero attached hydrogens (tertiary/aromatic N) is 2. The first kappa shape index (κ1) is 23.9. The number of halogens is 1. The molecule has 4 rings (SSSR count). The average Bonchev–Trinajstić information content (AvgIpc) is 2.84. The summed E-state index contributed by atoms with van der Waals surface area (Å²) < 4.78 is 17.6. The minimum Gasteiger partial charge on any atom is -0.497 e. The topological polar surface area (TPSA) is 51.2 Å². The SMILES string of the molecule is CCOc1ccc(Br)c(CC2CCN(CC3COC(=O)N(c4ccc(OC)cc4)C3)CC2)c1. The third kappa shape index (κ3) is 6.21. The molecular weight excluding hydrogens is 484 g/mol. The van der Waals surface area contributed by atoms with Gasteiger partial charge in [-0.3, -0.25) is 4.90 Å². The van der Waals surface area contributed by atoms with E-state index in [9.17, 15) is 4.79 Å². The molecule has 0 aromatic heterocycles. The molecule has 0 spiro atoms. The Kier molecular flexibility index (Phi) is 8.15. The highest BCUT2D eigenvalue weighted by Gasteiger charge is 2.31. The van der Waals surface area contributed by atoms with Crippen molar-refractivity contribution in [1.29, 1.82) is 0 Å². The molecule has 2 fully saturated rings. The zero-order valence-corrected chi connectivity index (χ0v) is 21.1. The molecule has 33 heavy (non-hydrogen) atoms. The van der Waals surface area contributed by atoms with Crippen molar-refractivity contribution in [3.63, 3.8) is 0 Å². The lowest BCUT2D eigenvalue weighted by Crippen LogP contribution is -2.48. The Labute approximate surface area is 204 Å². The van der Waals surface area contributed by atoms with Gasteiger partial charge in [-0.2, -0.15) is 0 Å². The van der Waals surface area contributed by atoms with Gasteiger partial charge in [0.25, 0.3) is 0 Å². The number of anilines is 1. The first-order valence-corrected chi connectivity index (χ1v) is 12.6. The van der Waals surface area contributed by atoms with Crippen LogP contribution < -0.4 is 14.4 Å². The van der Waals surface area contributed by atoms with E-state index in [0.29, 0.717) is 31.6 Å². The van der Waals surface area contributed by atoms with Crippen LogP contribution in [0.1, 0.15) is 25.3 Å². The normalized spacial score (nSPS) is 19.9. The molecule has 1 atom stereocenters. The number of methoxy groups -OCH3 is 1. The Morgan fingerprint density at radius 2 is 1.79 bits per heavy atom. The number of cyclic esters (lactones) is 1. The van der Waals surface area contributed by atoms with Crippen molar-refractivity contribution in [2.75, 3.05) is 51.4 Å². The van der Waals surface area contributed by atoms with Gasteiger partial charge in [0, 0.05) is 29.2 Å². The van der Waals surface area contributed by atoms with Crippen LogP contribution in [-0.4, -0.2) is 57.5 Å². The summed E-state index contributed by atoms with van der Waals surface area (Å²) in [6.45, 7) is 6.99. The lowest BCUT2D eigenvalue weighted by Gasteiger charge is -2.38. The van der Waals surface area contributed by atoms with Crippen LogP contribution in [0.3, 0.4) is 0 Å². The minimum absolute atomic E-state index is 0.269. The molecule has 6 nitrogen and oxygen atoms in total. The van der Waals surface area contributed by atoms with E-state index in [1.54, 1.807) is 12.0 Å². The summed E-state index contributed by atoms with van der Waals surface area (Å²) in [7, 11) is 1.64. The van der Waals surface area contributed by atoms with E-state index in [1.807, 2.05) is 37.3 Å². The monoisotopic (exact) mass is 516 g/mol. The second-order valence-corrected chi connectivity index (χ2v) is 9.74. The van der Waals surface area contributed by atoms with E-state index >= 15 is 0 Å². The van der Waals surface area contributed by atoms with Gasteiger partial charge in [-0.25, -0.2) is 4.79 Å². The van der Waals surface area contributed by atoms with Gasteiger partial charge in [-0.1, -0.05) is 15.9 Å². The van der Waals surface area contributed by atoms with E-state index in [0.717, 1.165) is 47.7 Å². The Balaban J connectivity index is 1.28. The van der Waals surface area contributed by atoms with Crippen LogP contribution >= 0.6 is 15.9 Å². The van der Waals surface area contributed by atoms with Crippen LogP contribution in [-0.2, 0) is 11.2 Å². The van der Waals surface area contributed by atoms with Crippen molar-refractivity contribution < 1.29 is 19.0 Å². The number of rotatable bonds is 8. The number of hydrogen-bond donors (Lipinski definition) is 0. The molecule has 2 aromatic rings. The largest absolute Gasteiger partial charge is 0.497 e. The smallest absolute Gasteiger partial charge is 0.414 e. The molecule has 2 aromatic carbocycles. The summed E-state index contributed by atoms with van der Waals surface area (Å²) in [4.78, 5) is 16.6. The van der Waals surface area contributed by atoms with Crippen molar-refractivity contribution in [2.45, 2.75) is 26.2 Å². The molecule has 0 N–H and O–H groups in total. The van der Waals surface area contributed by atoms with Gasteiger partial charge in [-0.05, 0) is 93.2 Å². The van der Waals surface area contributed by atoms with Gasteiger partial charge >= 0.3 is 6.09 Å². The summed E-state index contributed by atoms with van der Waals surface area (Å²) in [5, 5.41) is 0. The van der Waals surface area contributed by atoms with E-state index in [-0.39, 0.29) is 6.09 Å². The van der Waals surface area contributed by atoms with Crippen LogP contribution in [0.4, 0.5) is 10.5 Å². The number of hydrogen-bond acceptors (Lipinski definition) is 5. The zero-order chi connectivity index (χ0) is 23.2. The van der Waals surface area contributed by atoms with Crippen LogP contribution in [0.5, 0.6) is 11.5 Å². The summed E-state index contributed by atoms with van der Waals surface area (Å²) >= 11 is 3.70. The molecule has 0 bridgehead atoms. The number of likely N-dealkylation sites (tertiary alicyclic amines) is 1. The third-order valence-electron chi connectivity index (χ3n) is 6.55. The Bertz CT molecular complexity index is 928. The standard InChI is InChI=1S/C26H33BrN2O4/c1-3-32-24-8-9-25(27)21(15-24)14-19-10-12-28(13-11-19)16-20-17-29(26(30)33-18-20)22-4-6-23(31-2)7-5-22/h4-9,15,19-20H,3,10-14,16-18H2,1-2H3. The second kappa shape index (κ2) is 11.3. The highest BCUT2D eigenvalue weighted by atomic mass is 79.9. The van der Waals surface area contributed by atoms with Gasteiger partial charge in [0.2, 0.25) is 0 Å². The lowest BCUT2D eigenvalue weighted by atomic mass is 9.89. The number of carbonyl (C=O) groups is 1. The molecule has 2 saturated heterocycles. The molecule has 0 aliphatic carbocycles. The molecule has 2 heterocycles. The van der Waals surface area contributed by atoms with Crippen LogP contribution in [0.2, 0.25) is 0 Å². The highest BCUT2D eigenvalue weighted by molar-refractivity contribution is 9.10. The fourth-order valence-corrected chi connectivity index (χ4v) is 5.16. The van der Waals surface area contributed by atoms with E-state index < -0.39 is 0 Å². The second-order valence-electron chi connectivity index (χ2n) is 8.89. The first-order valence-electron chi connectivity index (χ1n) is 11.8. The van der Waals surface area contributed by atoms with Crippen LogP contribution in [0, 0.1) is 11.8 Å². The maximum atomic E-state index is 12.3. The average molecular weight is 517 g/mol. The van der Waals surface area contributed by atoms with Gasteiger partial charge < -0.3 is 19.1 Å². The minimum atomic E-state index is -0.269. The Morgan fingerprint density at radius 3 is 2.48 bits per heavy atom. The summed E-state index contributed by atoms with van der Waals surface area (Å²) in [5.74, 6) is 2.70. The molecule has 2 aliphatic heterocycles. The summed E-state index contributed by atoms with van der Waals surface area (Å²) in [6.07, 6.45) is 3.16. The van der Waals surface area contributed by atoms with E-state index in [1.165, 1.54) is 18.4 Å². The third-order valence-corrected chi connectivity index (χ3v) is 7.32. The number of amides is 1. The predicted molar refractivity (Wildman–Crippen MR) is 133 cm³/mol. The molecule has 0 radical (unpaired) electrons. The summed E-state index contributed by atoms with van der Waals surface area (Å²) in [5.41, 5.74) is 2.18. The van der Waals surface area contributed by atoms with Gasteiger partial charge in [-0.15, -0.1) is 0 Å². The summed E-state index contributed by atoms with van der Waals surface area (Å²) in [6, 6.07) is 13.8. The van der Waals surface area contributed by atoms with Crippen molar-refractivity contribution in [2.24, 2.45) is 11.8 Å². The Hall–Kier alpha value is -2.25. The molecule has 7 heteroatoms. The Morgan fingerprint density at radius 1 is 1.06 bits per heavy atom. The fourth-order valence-electron chi connectivity index (χ4n) is 4.75. The van der Waals surface area contributed by atoms with Gasteiger partial charge in [0.05, 0.1) is 20.3 Å². The van der Waals surface area contributed by atoms with Gasteiger partial charge in [0.15, 0.2) is 0 Å². The molecule has 2 aliphatic rings. The molecule has 1 unspecified atom stereocenters. The van der Waals surface area contributed by atoms with Crippen LogP contribution in [0.15, 0.2) is 46.9 Å². The maximum absolute atomic E-state index is 12.3. The van der Waals surface area contributed by atoms with Crippen molar-refractivity contribution >= 4 is 27.7 Å². The quantitative estimate of drug-likeness (QED) is 0.471. The molecule has 0 saturated carbocycles.